The maximum atomic E-state index is 13.1. The molecular formula is C20H21ClN2O3. The Bertz CT molecular complexity index is 943. The molecule has 0 unspecified atom stereocenters. The molecule has 0 saturated heterocycles. The monoisotopic (exact) mass is 372 g/mol. The maximum Gasteiger partial charge on any atom is 0.268 e. The van der Waals surface area contributed by atoms with E-state index in [0.717, 1.165) is 0 Å². The molecule has 0 saturated carbocycles. The molecule has 136 valence electrons. The number of amides is 1. The van der Waals surface area contributed by atoms with Gasteiger partial charge < -0.3 is 5.32 Å². The van der Waals surface area contributed by atoms with Crippen molar-refractivity contribution < 1.29 is 9.59 Å². The normalized spacial score (nSPS) is 15.5. The average molecular weight is 373 g/mol. The van der Waals surface area contributed by atoms with Crippen LogP contribution in [0.4, 0.5) is 0 Å². The molecule has 1 N–H and O–H groups in total. The number of carbonyl (C=O) groups is 2. The van der Waals surface area contributed by atoms with Crippen LogP contribution in [0.2, 0.25) is 5.02 Å². The molecule has 3 rings (SSSR count). The van der Waals surface area contributed by atoms with Crippen LogP contribution in [0.25, 0.3) is 5.69 Å². The molecule has 5 nitrogen and oxygen atoms in total. The molecule has 1 aromatic carbocycles. The van der Waals surface area contributed by atoms with Crippen molar-refractivity contribution in [3.8, 4) is 5.69 Å². The minimum absolute atomic E-state index is 0.0198. The summed E-state index contributed by atoms with van der Waals surface area (Å²) >= 11 is 5.97. The van der Waals surface area contributed by atoms with E-state index in [9.17, 15) is 14.4 Å². The van der Waals surface area contributed by atoms with Gasteiger partial charge in [0.1, 0.15) is 5.56 Å². The Morgan fingerprint density at radius 1 is 1.19 bits per heavy atom. The smallest absolute Gasteiger partial charge is 0.268 e. The molecule has 26 heavy (non-hydrogen) atoms. The number of Topliss-reactive ketones (excluding diaryl/α,β-unsaturated/α-hetero) is 1. The number of aromatic nitrogens is 1. The van der Waals surface area contributed by atoms with Crippen LogP contribution in [0, 0.1) is 5.41 Å². The number of nitrogens with zero attached hydrogens (tertiary/aromatic N) is 1. The first-order valence-corrected chi connectivity index (χ1v) is 8.97. The molecule has 0 spiro atoms. The molecule has 1 heterocycles. The van der Waals surface area contributed by atoms with Crippen LogP contribution in [0.1, 0.15) is 53.6 Å². The third kappa shape index (κ3) is 3.31. The Labute approximate surface area is 157 Å². The van der Waals surface area contributed by atoms with Gasteiger partial charge in [0.15, 0.2) is 5.78 Å². The van der Waals surface area contributed by atoms with Crippen molar-refractivity contribution in [1.29, 1.82) is 0 Å². The Kier molecular flexibility index (Phi) is 4.76. The van der Waals surface area contributed by atoms with E-state index in [4.69, 9.17) is 11.6 Å². The SMILES string of the molecule is CCNC(=O)c1cc2c(n(-c3ccc(Cl)cc3)c1=O)CC(C)(C)CC2=O. The summed E-state index contributed by atoms with van der Waals surface area (Å²) < 4.78 is 1.48. The molecule has 0 atom stereocenters. The number of pyridine rings is 1. The zero-order valence-corrected chi connectivity index (χ0v) is 15.8. The molecule has 1 amide bonds. The van der Waals surface area contributed by atoms with Crippen LogP contribution in [0.3, 0.4) is 0 Å². The predicted molar refractivity (Wildman–Crippen MR) is 101 cm³/mol. The molecule has 0 fully saturated rings. The van der Waals surface area contributed by atoms with Gasteiger partial charge in [0.2, 0.25) is 0 Å². The number of halogens is 1. The zero-order valence-electron chi connectivity index (χ0n) is 15.1. The summed E-state index contributed by atoms with van der Waals surface area (Å²) in [5, 5.41) is 3.19. The van der Waals surface area contributed by atoms with Crippen LogP contribution in [-0.2, 0) is 6.42 Å². The van der Waals surface area contributed by atoms with E-state index in [0.29, 0.717) is 41.4 Å². The first-order chi connectivity index (χ1) is 12.2. The number of carbonyl (C=O) groups excluding carboxylic acids is 2. The van der Waals surface area contributed by atoms with Crippen molar-refractivity contribution in [2.45, 2.75) is 33.6 Å². The summed E-state index contributed by atoms with van der Waals surface area (Å²) in [6, 6.07) is 8.26. The van der Waals surface area contributed by atoms with Gasteiger partial charge in [-0.1, -0.05) is 25.4 Å². The van der Waals surface area contributed by atoms with Crippen molar-refractivity contribution in [2.75, 3.05) is 6.54 Å². The molecule has 0 radical (unpaired) electrons. The van der Waals surface area contributed by atoms with Gasteiger partial charge in [-0.2, -0.15) is 0 Å². The number of benzene rings is 1. The lowest BCUT2D eigenvalue weighted by Gasteiger charge is -2.32. The van der Waals surface area contributed by atoms with E-state index in [2.05, 4.69) is 5.32 Å². The molecule has 1 aliphatic rings. The van der Waals surface area contributed by atoms with E-state index in [1.54, 1.807) is 31.2 Å². The van der Waals surface area contributed by atoms with Crippen molar-refractivity contribution in [3.63, 3.8) is 0 Å². The molecule has 6 heteroatoms. The highest BCUT2D eigenvalue weighted by Gasteiger charge is 2.34. The van der Waals surface area contributed by atoms with Crippen molar-refractivity contribution in [3.05, 3.63) is 62.5 Å². The van der Waals surface area contributed by atoms with Crippen LogP contribution < -0.4 is 10.9 Å². The maximum absolute atomic E-state index is 13.1. The fraction of sp³-hybridized carbons (Fsp3) is 0.350. The highest BCUT2D eigenvalue weighted by atomic mass is 35.5. The average Bonchev–Trinajstić information content (AvgIpc) is 2.55. The van der Waals surface area contributed by atoms with Crippen molar-refractivity contribution >= 4 is 23.3 Å². The fourth-order valence-electron chi connectivity index (χ4n) is 3.40. The Balaban J connectivity index is 2.32. The number of hydrogen-bond acceptors (Lipinski definition) is 3. The third-order valence-corrected chi connectivity index (χ3v) is 4.81. The minimum atomic E-state index is -0.472. The van der Waals surface area contributed by atoms with Gasteiger partial charge in [0, 0.05) is 34.9 Å². The Hall–Kier alpha value is -2.40. The highest BCUT2D eigenvalue weighted by molar-refractivity contribution is 6.30. The lowest BCUT2D eigenvalue weighted by molar-refractivity contribution is 0.0908. The number of rotatable bonds is 3. The molecule has 0 aliphatic heterocycles. The number of hydrogen-bond donors (Lipinski definition) is 1. The van der Waals surface area contributed by atoms with E-state index < -0.39 is 11.5 Å². The first-order valence-electron chi connectivity index (χ1n) is 8.60. The summed E-state index contributed by atoms with van der Waals surface area (Å²) in [4.78, 5) is 38.2. The molecule has 0 bridgehead atoms. The Morgan fingerprint density at radius 2 is 1.85 bits per heavy atom. The van der Waals surface area contributed by atoms with Gasteiger partial charge in [-0.05, 0) is 49.1 Å². The largest absolute Gasteiger partial charge is 0.352 e. The lowest BCUT2D eigenvalue weighted by Crippen LogP contribution is -2.38. The molecule has 1 aliphatic carbocycles. The van der Waals surface area contributed by atoms with Crippen LogP contribution >= 0.6 is 11.6 Å². The van der Waals surface area contributed by atoms with E-state index in [1.165, 1.54) is 10.6 Å². The molecular weight excluding hydrogens is 352 g/mol. The molecule has 2 aromatic rings. The first kappa shape index (κ1) is 18.4. The van der Waals surface area contributed by atoms with Crippen LogP contribution in [-0.4, -0.2) is 22.8 Å². The summed E-state index contributed by atoms with van der Waals surface area (Å²) in [7, 11) is 0. The number of fused-ring (bicyclic) bond motifs is 1. The Morgan fingerprint density at radius 3 is 2.46 bits per heavy atom. The standard InChI is InChI=1S/C20H21ClN2O3/c1-4-22-18(25)15-9-14-16(10-20(2,3)11-17(14)24)23(19(15)26)13-7-5-12(21)6-8-13/h5-9H,4,10-11H2,1-3H3,(H,22,25). The van der Waals surface area contributed by atoms with Gasteiger partial charge in [0.25, 0.3) is 11.5 Å². The lowest BCUT2D eigenvalue weighted by atomic mass is 9.75. The fourth-order valence-corrected chi connectivity index (χ4v) is 3.52. The van der Waals surface area contributed by atoms with Crippen molar-refractivity contribution in [2.24, 2.45) is 5.41 Å². The summed E-state index contributed by atoms with van der Waals surface area (Å²) in [5.74, 6) is -0.523. The minimum Gasteiger partial charge on any atom is -0.352 e. The molecule has 1 aromatic heterocycles. The predicted octanol–water partition coefficient (Wildman–Crippen LogP) is 3.40. The van der Waals surface area contributed by atoms with E-state index in [-0.39, 0.29) is 16.8 Å². The summed E-state index contributed by atoms with van der Waals surface area (Å²) in [6.45, 7) is 6.18. The third-order valence-electron chi connectivity index (χ3n) is 4.56. The van der Waals surface area contributed by atoms with Gasteiger partial charge in [-0.3, -0.25) is 19.0 Å². The van der Waals surface area contributed by atoms with Crippen molar-refractivity contribution in [1.82, 2.24) is 9.88 Å². The van der Waals surface area contributed by atoms with E-state index in [1.807, 2.05) is 13.8 Å². The highest BCUT2D eigenvalue weighted by Crippen LogP contribution is 2.35. The quantitative estimate of drug-likeness (QED) is 0.897. The second-order valence-corrected chi connectivity index (χ2v) is 7.77. The zero-order chi connectivity index (χ0) is 19.1. The van der Waals surface area contributed by atoms with Crippen LogP contribution in [0.15, 0.2) is 35.1 Å². The summed E-state index contributed by atoms with van der Waals surface area (Å²) in [6.07, 6.45) is 0.954. The topological polar surface area (TPSA) is 68.2 Å². The van der Waals surface area contributed by atoms with Crippen LogP contribution in [0.5, 0.6) is 0 Å². The van der Waals surface area contributed by atoms with Gasteiger partial charge >= 0.3 is 0 Å². The van der Waals surface area contributed by atoms with Gasteiger partial charge in [-0.25, -0.2) is 0 Å². The van der Waals surface area contributed by atoms with Gasteiger partial charge in [0.05, 0.1) is 0 Å². The number of ketones is 1. The number of nitrogens with one attached hydrogen (secondary N) is 1. The van der Waals surface area contributed by atoms with Gasteiger partial charge in [-0.15, -0.1) is 0 Å². The summed E-state index contributed by atoms with van der Waals surface area (Å²) in [5.41, 5.74) is 0.980. The second-order valence-electron chi connectivity index (χ2n) is 7.34. The van der Waals surface area contributed by atoms with E-state index >= 15 is 0 Å². The second kappa shape index (κ2) is 6.72.